The van der Waals surface area contributed by atoms with Gasteiger partial charge >= 0.3 is 0 Å². The summed E-state index contributed by atoms with van der Waals surface area (Å²) in [4.78, 5) is 12.6. The maximum absolute atomic E-state index is 12.6. The fraction of sp³-hybridized carbons (Fsp3) is 0.444. The van der Waals surface area contributed by atoms with Gasteiger partial charge in [-0.25, -0.2) is 0 Å². The standard InChI is InChI=1S/C18H24N4O/c1-2-17-16(18(23)21-15-8-10-19-11-9-15)12-20-22(17)13-14-6-4-3-5-7-14/h3-7,12,15,19H,2,8-11,13H2,1H3,(H,21,23). The predicted octanol–water partition coefficient (Wildman–Crippen LogP) is 1.98. The minimum Gasteiger partial charge on any atom is -0.349 e. The second-order valence-electron chi connectivity index (χ2n) is 6.00. The molecule has 1 aliphatic heterocycles. The number of piperidine rings is 1. The van der Waals surface area contributed by atoms with Crippen LogP contribution < -0.4 is 10.6 Å². The molecule has 0 saturated carbocycles. The SMILES string of the molecule is CCc1c(C(=O)NC2CCNCC2)cnn1Cc1ccccc1. The molecule has 1 aromatic carbocycles. The van der Waals surface area contributed by atoms with Crippen LogP contribution in [0.5, 0.6) is 0 Å². The van der Waals surface area contributed by atoms with E-state index in [-0.39, 0.29) is 11.9 Å². The fourth-order valence-electron chi connectivity index (χ4n) is 3.10. The van der Waals surface area contributed by atoms with Crippen LogP contribution in [0.15, 0.2) is 36.5 Å². The second-order valence-corrected chi connectivity index (χ2v) is 6.00. The van der Waals surface area contributed by atoms with Gasteiger partial charge in [0.15, 0.2) is 0 Å². The van der Waals surface area contributed by atoms with Gasteiger partial charge in [-0.1, -0.05) is 37.3 Å². The number of aromatic nitrogens is 2. The summed E-state index contributed by atoms with van der Waals surface area (Å²) in [6, 6.07) is 10.5. The molecule has 0 atom stereocenters. The van der Waals surface area contributed by atoms with E-state index in [4.69, 9.17) is 0 Å². The summed E-state index contributed by atoms with van der Waals surface area (Å²) in [7, 11) is 0. The van der Waals surface area contributed by atoms with Crippen molar-refractivity contribution in [1.29, 1.82) is 0 Å². The first-order valence-corrected chi connectivity index (χ1v) is 8.38. The Morgan fingerprint density at radius 3 is 2.74 bits per heavy atom. The number of hydrogen-bond donors (Lipinski definition) is 2. The van der Waals surface area contributed by atoms with Crippen molar-refractivity contribution in [1.82, 2.24) is 20.4 Å². The van der Waals surface area contributed by atoms with E-state index in [2.05, 4.69) is 34.8 Å². The van der Waals surface area contributed by atoms with Gasteiger partial charge in [0, 0.05) is 6.04 Å². The highest BCUT2D eigenvalue weighted by Gasteiger charge is 2.20. The Morgan fingerprint density at radius 1 is 1.30 bits per heavy atom. The molecule has 3 rings (SSSR count). The molecular formula is C18H24N4O. The summed E-state index contributed by atoms with van der Waals surface area (Å²) in [6.07, 6.45) is 4.48. The van der Waals surface area contributed by atoms with Crippen molar-refractivity contribution in [2.75, 3.05) is 13.1 Å². The van der Waals surface area contributed by atoms with Gasteiger partial charge in [0.25, 0.3) is 5.91 Å². The van der Waals surface area contributed by atoms with Crippen LogP contribution in [-0.2, 0) is 13.0 Å². The Labute approximate surface area is 137 Å². The molecule has 23 heavy (non-hydrogen) atoms. The van der Waals surface area contributed by atoms with Crippen LogP contribution in [0, 0.1) is 0 Å². The Balaban J connectivity index is 1.73. The fourth-order valence-corrected chi connectivity index (χ4v) is 3.10. The zero-order valence-corrected chi connectivity index (χ0v) is 13.6. The van der Waals surface area contributed by atoms with Gasteiger partial charge in [-0.15, -0.1) is 0 Å². The number of carbonyl (C=O) groups is 1. The number of nitrogens with zero attached hydrogens (tertiary/aromatic N) is 2. The lowest BCUT2D eigenvalue weighted by molar-refractivity contribution is 0.0928. The van der Waals surface area contributed by atoms with Crippen molar-refractivity contribution in [2.45, 2.75) is 38.8 Å². The van der Waals surface area contributed by atoms with Crippen molar-refractivity contribution >= 4 is 5.91 Å². The van der Waals surface area contributed by atoms with Crippen molar-refractivity contribution in [3.63, 3.8) is 0 Å². The molecule has 1 fully saturated rings. The summed E-state index contributed by atoms with van der Waals surface area (Å²) >= 11 is 0. The quantitative estimate of drug-likeness (QED) is 0.887. The normalized spacial score (nSPS) is 15.5. The van der Waals surface area contributed by atoms with Crippen LogP contribution in [-0.4, -0.2) is 34.8 Å². The van der Waals surface area contributed by atoms with Crippen LogP contribution in [0.1, 0.15) is 41.4 Å². The summed E-state index contributed by atoms with van der Waals surface area (Å²) in [6.45, 7) is 4.71. The number of hydrogen-bond acceptors (Lipinski definition) is 3. The predicted molar refractivity (Wildman–Crippen MR) is 90.5 cm³/mol. The number of carbonyl (C=O) groups excluding carboxylic acids is 1. The lowest BCUT2D eigenvalue weighted by Crippen LogP contribution is -2.42. The highest BCUT2D eigenvalue weighted by Crippen LogP contribution is 2.13. The van der Waals surface area contributed by atoms with E-state index in [1.807, 2.05) is 22.9 Å². The summed E-state index contributed by atoms with van der Waals surface area (Å²) in [5.74, 6) is 0.00746. The van der Waals surface area contributed by atoms with Gasteiger partial charge in [-0.05, 0) is 37.9 Å². The van der Waals surface area contributed by atoms with Gasteiger partial charge < -0.3 is 10.6 Å². The van der Waals surface area contributed by atoms with Gasteiger partial charge in [0.2, 0.25) is 0 Å². The zero-order chi connectivity index (χ0) is 16.1. The molecule has 0 spiro atoms. The molecule has 1 aromatic heterocycles. The Bertz CT molecular complexity index is 644. The highest BCUT2D eigenvalue weighted by molar-refractivity contribution is 5.95. The van der Waals surface area contributed by atoms with Crippen LogP contribution in [0.2, 0.25) is 0 Å². The monoisotopic (exact) mass is 312 g/mol. The molecule has 0 radical (unpaired) electrons. The lowest BCUT2D eigenvalue weighted by atomic mass is 10.1. The number of benzene rings is 1. The Kier molecular flexibility index (Phi) is 5.08. The zero-order valence-electron chi connectivity index (χ0n) is 13.6. The number of nitrogens with one attached hydrogen (secondary N) is 2. The smallest absolute Gasteiger partial charge is 0.254 e. The largest absolute Gasteiger partial charge is 0.349 e. The van der Waals surface area contributed by atoms with Gasteiger partial charge in [0.1, 0.15) is 0 Å². The summed E-state index contributed by atoms with van der Waals surface area (Å²) in [5, 5.41) is 10.9. The first-order valence-electron chi connectivity index (χ1n) is 8.38. The van der Waals surface area contributed by atoms with Crippen LogP contribution in [0.3, 0.4) is 0 Å². The first-order chi connectivity index (χ1) is 11.3. The van der Waals surface area contributed by atoms with E-state index >= 15 is 0 Å². The van der Waals surface area contributed by atoms with E-state index in [0.717, 1.165) is 38.0 Å². The van der Waals surface area contributed by atoms with E-state index in [0.29, 0.717) is 12.1 Å². The molecule has 2 aromatic rings. The molecule has 0 unspecified atom stereocenters. The molecule has 2 N–H and O–H groups in total. The first kappa shape index (κ1) is 15.7. The lowest BCUT2D eigenvalue weighted by Gasteiger charge is -2.23. The van der Waals surface area contributed by atoms with E-state index in [1.54, 1.807) is 6.20 Å². The third-order valence-corrected chi connectivity index (χ3v) is 4.38. The van der Waals surface area contributed by atoms with Crippen LogP contribution in [0.25, 0.3) is 0 Å². The molecule has 5 heteroatoms. The average Bonchev–Trinajstić information content (AvgIpc) is 2.99. The molecular weight excluding hydrogens is 288 g/mol. The maximum atomic E-state index is 12.6. The molecule has 1 aliphatic rings. The van der Waals surface area contributed by atoms with E-state index < -0.39 is 0 Å². The van der Waals surface area contributed by atoms with Crippen LogP contribution >= 0.6 is 0 Å². The number of amides is 1. The van der Waals surface area contributed by atoms with E-state index in [9.17, 15) is 4.79 Å². The number of rotatable bonds is 5. The van der Waals surface area contributed by atoms with Crippen molar-refractivity contribution in [3.05, 3.63) is 53.3 Å². The second kappa shape index (κ2) is 7.42. The van der Waals surface area contributed by atoms with Crippen molar-refractivity contribution in [2.24, 2.45) is 0 Å². The van der Waals surface area contributed by atoms with Gasteiger partial charge in [-0.3, -0.25) is 9.48 Å². The third-order valence-electron chi connectivity index (χ3n) is 4.38. The molecule has 2 heterocycles. The minimum atomic E-state index is 0.00746. The van der Waals surface area contributed by atoms with E-state index in [1.165, 1.54) is 5.56 Å². The van der Waals surface area contributed by atoms with Crippen LogP contribution in [0.4, 0.5) is 0 Å². The van der Waals surface area contributed by atoms with Gasteiger partial charge in [0.05, 0.1) is 24.0 Å². The topological polar surface area (TPSA) is 59.0 Å². The molecule has 122 valence electrons. The Morgan fingerprint density at radius 2 is 2.04 bits per heavy atom. The molecule has 1 saturated heterocycles. The summed E-state index contributed by atoms with van der Waals surface area (Å²) in [5.41, 5.74) is 2.90. The average molecular weight is 312 g/mol. The molecule has 1 amide bonds. The summed E-state index contributed by atoms with van der Waals surface area (Å²) < 4.78 is 1.94. The van der Waals surface area contributed by atoms with Gasteiger partial charge in [-0.2, -0.15) is 5.10 Å². The van der Waals surface area contributed by atoms with Crippen molar-refractivity contribution < 1.29 is 4.79 Å². The van der Waals surface area contributed by atoms with Crippen molar-refractivity contribution in [3.8, 4) is 0 Å². The Hall–Kier alpha value is -2.14. The third kappa shape index (κ3) is 3.79. The molecule has 5 nitrogen and oxygen atoms in total. The highest BCUT2D eigenvalue weighted by atomic mass is 16.1. The molecule has 0 bridgehead atoms. The minimum absolute atomic E-state index is 0.00746. The maximum Gasteiger partial charge on any atom is 0.254 e. The molecule has 0 aliphatic carbocycles.